The number of unbranched alkanes of at least 4 members (excludes halogenated alkanes) is 1. The van der Waals surface area contributed by atoms with Crippen molar-refractivity contribution in [3.8, 4) is 0 Å². The number of imidazole rings is 1. The van der Waals surface area contributed by atoms with E-state index in [1.54, 1.807) is 6.07 Å². The Bertz CT molecular complexity index is 955. The number of nitrogens with two attached hydrogens (primary N) is 1. The van der Waals surface area contributed by atoms with Crippen molar-refractivity contribution in [3.63, 3.8) is 0 Å². The average Bonchev–Trinajstić information content (AvgIpc) is 3.00. The number of rotatable bonds is 7. The molecule has 154 valence electrons. The number of benzene rings is 1. The number of sulfonamides is 1. The molecular formula is C19H28N4O3S2. The van der Waals surface area contributed by atoms with Crippen LogP contribution in [0.25, 0.3) is 11.0 Å². The molecule has 3 rings (SSSR count). The lowest BCUT2D eigenvalue weighted by atomic mass is 10.0. The normalized spacial score (nSPS) is 18.0. The van der Waals surface area contributed by atoms with Gasteiger partial charge in [-0.15, -0.1) is 0 Å². The van der Waals surface area contributed by atoms with Crippen molar-refractivity contribution in [2.45, 2.75) is 68.6 Å². The molecule has 1 amide bonds. The molecule has 0 unspecified atom stereocenters. The fraction of sp³-hybridized carbons (Fsp3) is 0.579. The summed E-state index contributed by atoms with van der Waals surface area (Å²) < 4.78 is 25.4. The van der Waals surface area contributed by atoms with Crippen LogP contribution in [0.3, 0.4) is 0 Å². The van der Waals surface area contributed by atoms with E-state index in [0.717, 1.165) is 49.4 Å². The predicted octanol–water partition coefficient (Wildman–Crippen LogP) is 2.98. The van der Waals surface area contributed by atoms with E-state index in [-0.39, 0.29) is 16.8 Å². The molecule has 9 heteroatoms. The first-order valence-electron chi connectivity index (χ1n) is 9.76. The lowest BCUT2D eigenvalue weighted by molar-refractivity contribution is -0.131. The van der Waals surface area contributed by atoms with E-state index in [9.17, 15) is 13.2 Å². The van der Waals surface area contributed by atoms with Crippen LogP contribution >= 0.6 is 11.8 Å². The van der Waals surface area contributed by atoms with Gasteiger partial charge in [0.05, 0.1) is 21.7 Å². The first-order chi connectivity index (χ1) is 13.3. The van der Waals surface area contributed by atoms with Gasteiger partial charge < -0.3 is 9.47 Å². The molecule has 0 spiro atoms. The quantitative estimate of drug-likeness (QED) is 0.689. The van der Waals surface area contributed by atoms with Crippen LogP contribution in [-0.2, 0) is 21.4 Å². The number of fused-ring (bicyclic) bond motifs is 1. The van der Waals surface area contributed by atoms with Gasteiger partial charge in [0.25, 0.3) is 0 Å². The SMILES string of the molecule is CCCCn1c(SCC(=O)N2CCCC[C@@H]2C)nc2cc(S(N)(=O)=O)ccc21. The van der Waals surface area contributed by atoms with Crippen LogP contribution in [0.1, 0.15) is 46.0 Å². The van der Waals surface area contributed by atoms with Crippen molar-refractivity contribution < 1.29 is 13.2 Å². The summed E-state index contributed by atoms with van der Waals surface area (Å²) in [5, 5.41) is 5.99. The number of piperidine rings is 1. The third-order valence-corrected chi connectivity index (χ3v) is 7.07. The number of thioether (sulfide) groups is 1. The summed E-state index contributed by atoms with van der Waals surface area (Å²) in [5.74, 6) is 0.471. The van der Waals surface area contributed by atoms with Crippen molar-refractivity contribution in [3.05, 3.63) is 18.2 Å². The monoisotopic (exact) mass is 424 g/mol. The Labute approximate surface area is 170 Å². The summed E-state index contributed by atoms with van der Waals surface area (Å²) in [7, 11) is -3.78. The molecule has 1 aromatic heterocycles. The Morgan fingerprint density at radius 1 is 1.36 bits per heavy atom. The zero-order valence-corrected chi connectivity index (χ0v) is 18.1. The molecule has 1 fully saturated rings. The molecule has 1 saturated heterocycles. The topological polar surface area (TPSA) is 98.3 Å². The lowest BCUT2D eigenvalue weighted by Gasteiger charge is -2.33. The second-order valence-electron chi connectivity index (χ2n) is 7.32. The maximum atomic E-state index is 12.7. The minimum atomic E-state index is -3.78. The summed E-state index contributed by atoms with van der Waals surface area (Å²) in [4.78, 5) is 19.3. The van der Waals surface area contributed by atoms with Gasteiger partial charge in [0.15, 0.2) is 5.16 Å². The van der Waals surface area contributed by atoms with Crippen LogP contribution in [0.2, 0.25) is 0 Å². The third kappa shape index (κ3) is 4.69. The van der Waals surface area contributed by atoms with E-state index in [0.29, 0.717) is 11.3 Å². The van der Waals surface area contributed by atoms with Gasteiger partial charge in [-0.2, -0.15) is 0 Å². The molecule has 0 bridgehead atoms. The highest BCUT2D eigenvalue weighted by Gasteiger charge is 2.24. The van der Waals surface area contributed by atoms with Crippen LogP contribution in [0.5, 0.6) is 0 Å². The lowest BCUT2D eigenvalue weighted by Crippen LogP contribution is -2.42. The minimum absolute atomic E-state index is 0.0508. The number of aryl methyl sites for hydroxylation is 1. The molecule has 1 aliphatic rings. The van der Waals surface area contributed by atoms with E-state index in [1.165, 1.54) is 30.3 Å². The van der Waals surface area contributed by atoms with Crippen LogP contribution in [-0.4, -0.2) is 47.1 Å². The van der Waals surface area contributed by atoms with E-state index in [4.69, 9.17) is 5.14 Å². The molecule has 28 heavy (non-hydrogen) atoms. The van der Waals surface area contributed by atoms with E-state index in [1.807, 2.05) is 4.90 Å². The summed E-state index contributed by atoms with van der Waals surface area (Å²) in [5.41, 5.74) is 1.45. The fourth-order valence-electron chi connectivity index (χ4n) is 3.58. The van der Waals surface area contributed by atoms with Gasteiger partial charge in [-0.3, -0.25) is 4.79 Å². The molecule has 2 N–H and O–H groups in total. The minimum Gasteiger partial charge on any atom is -0.339 e. The summed E-state index contributed by atoms with van der Waals surface area (Å²) in [6.45, 7) is 5.82. The molecule has 0 radical (unpaired) electrons. The van der Waals surface area contributed by atoms with E-state index >= 15 is 0 Å². The Kier molecular flexibility index (Phi) is 6.67. The van der Waals surface area contributed by atoms with Crippen molar-refractivity contribution in [2.24, 2.45) is 5.14 Å². The van der Waals surface area contributed by atoms with Gasteiger partial charge in [-0.25, -0.2) is 18.5 Å². The maximum Gasteiger partial charge on any atom is 0.238 e. The smallest absolute Gasteiger partial charge is 0.238 e. The van der Waals surface area contributed by atoms with Gasteiger partial charge >= 0.3 is 0 Å². The number of primary sulfonamides is 1. The van der Waals surface area contributed by atoms with Gasteiger partial charge in [0.1, 0.15) is 0 Å². The van der Waals surface area contributed by atoms with Crippen molar-refractivity contribution >= 4 is 38.7 Å². The molecule has 0 saturated carbocycles. The van der Waals surface area contributed by atoms with Gasteiger partial charge in [0.2, 0.25) is 15.9 Å². The highest BCUT2D eigenvalue weighted by Crippen LogP contribution is 2.27. The number of likely N-dealkylation sites (tertiary alicyclic amines) is 1. The first kappa shape index (κ1) is 21.1. The molecule has 1 aliphatic heterocycles. The standard InChI is InChI=1S/C19H28N4O3S2/c1-3-4-10-23-17-9-8-15(28(20,25)26)12-16(17)21-19(23)27-13-18(24)22-11-6-5-7-14(22)2/h8-9,12,14H,3-7,10-11,13H2,1-2H3,(H2,20,25,26)/t14-/m0/s1. The Morgan fingerprint density at radius 3 is 2.82 bits per heavy atom. The van der Waals surface area contributed by atoms with Crippen LogP contribution in [0.15, 0.2) is 28.3 Å². The fourth-order valence-corrected chi connectivity index (χ4v) is 5.05. The highest BCUT2D eigenvalue weighted by molar-refractivity contribution is 7.99. The number of hydrogen-bond donors (Lipinski definition) is 1. The number of carbonyl (C=O) groups excluding carboxylic acids is 1. The molecule has 2 aromatic rings. The first-order valence-corrected chi connectivity index (χ1v) is 12.3. The van der Waals surface area contributed by atoms with Gasteiger partial charge in [0, 0.05) is 19.1 Å². The van der Waals surface area contributed by atoms with Gasteiger partial charge in [-0.1, -0.05) is 25.1 Å². The van der Waals surface area contributed by atoms with E-state index in [2.05, 4.69) is 23.4 Å². The zero-order chi connectivity index (χ0) is 20.3. The Morgan fingerprint density at radius 2 is 2.14 bits per heavy atom. The number of amides is 1. The second kappa shape index (κ2) is 8.84. The number of nitrogens with zero attached hydrogens (tertiary/aromatic N) is 3. The maximum absolute atomic E-state index is 12.7. The molecule has 2 heterocycles. The summed E-state index contributed by atoms with van der Waals surface area (Å²) in [6.07, 6.45) is 5.31. The molecular weight excluding hydrogens is 396 g/mol. The van der Waals surface area contributed by atoms with Crippen LogP contribution in [0, 0.1) is 0 Å². The summed E-state index contributed by atoms with van der Waals surface area (Å²) >= 11 is 1.42. The van der Waals surface area contributed by atoms with E-state index < -0.39 is 10.0 Å². The van der Waals surface area contributed by atoms with Crippen LogP contribution < -0.4 is 5.14 Å². The van der Waals surface area contributed by atoms with Crippen LogP contribution in [0.4, 0.5) is 0 Å². The number of aromatic nitrogens is 2. The number of carbonyl (C=O) groups is 1. The molecule has 0 aliphatic carbocycles. The highest BCUT2D eigenvalue weighted by atomic mass is 32.2. The van der Waals surface area contributed by atoms with Crippen molar-refractivity contribution in [1.82, 2.24) is 14.5 Å². The van der Waals surface area contributed by atoms with Gasteiger partial charge in [-0.05, 0) is 50.8 Å². The third-order valence-electron chi connectivity index (χ3n) is 5.20. The Balaban J connectivity index is 1.84. The summed E-state index contributed by atoms with van der Waals surface area (Å²) in [6, 6.07) is 5.05. The van der Waals surface area contributed by atoms with Crippen molar-refractivity contribution in [2.75, 3.05) is 12.3 Å². The average molecular weight is 425 g/mol. The second-order valence-corrected chi connectivity index (χ2v) is 9.82. The number of hydrogen-bond acceptors (Lipinski definition) is 5. The molecule has 1 aromatic carbocycles. The largest absolute Gasteiger partial charge is 0.339 e. The molecule has 1 atom stereocenters. The Hall–Kier alpha value is -1.58. The predicted molar refractivity (Wildman–Crippen MR) is 112 cm³/mol. The molecule has 7 nitrogen and oxygen atoms in total. The van der Waals surface area contributed by atoms with Crippen molar-refractivity contribution in [1.29, 1.82) is 0 Å². The zero-order valence-electron chi connectivity index (χ0n) is 16.4.